The van der Waals surface area contributed by atoms with Crippen molar-refractivity contribution in [2.24, 2.45) is 0 Å². The van der Waals surface area contributed by atoms with Crippen molar-refractivity contribution in [1.82, 2.24) is 0 Å². The van der Waals surface area contributed by atoms with Gasteiger partial charge in [0.15, 0.2) is 0 Å². The molecule has 0 amide bonds. The second-order valence-corrected chi connectivity index (χ2v) is 5.59. The van der Waals surface area contributed by atoms with E-state index in [4.69, 9.17) is 0 Å². The second kappa shape index (κ2) is 5.82. The quantitative estimate of drug-likeness (QED) is 0.617. The average molecular weight is 348 g/mol. The van der Waals surface area contributed by atoms with Crippen molar-refractivity contribution < 1.29 is 8.78 Å². The third-order valence-electron chi connectivity index (χ3n) is 3.36. The van der Waals surface area contributed by atoms with Gasteiger partial charge in [0, 0.05) is 17.8 Å². The first-order chi connectivity index (χ1) is 10.1. The van der Waals surface area contributed by atoms with E-state index >= 15 is 0 Å². The fraction of sp³-hybridized carbons (Fsp3) is 0.0588. The molecule has 3 rings (SSSR count). The van der Waals surface area contributed by atoms with Crippen LogP contribution in [0.3, 0.4) is 0 Å². The van der Waals surface area contributed by atoms with Gasteiger partial charge in [-0.25, -0.2) is 8.78 Å². The fourth-order valence-corrected chi connectivity index (χ4v) is 2.59. The molecule has 0 saturated heterocycles. The van der Waals surface area contributed by atoms with Gasteiger partial charge in [0.1, 0.15) is 11.6 Å². The van der Waals surface area contributed by atoms with Crippen LogP contribution in [-0.4, -0.2) is 0 Å². The minimum atomic E-state index is -0.566. The zero-order chi connectivity index (χ0) is 14.8. The van der Waals surface area contributed by atoms with Crippen LogP contribution in [0.15, 0.2) is 59.1 Å². The molecule has 0 aliphatic heterocycles. The van der Waals surface area contributed by atoms with Gasteiger partial charge in [0.05, 0.1) is 4.47 Å². The summed E-state index contributed by atoms with van der Waals surface area (Å²) in [5.74, 6) is -1.12. The Labute approximate surface area is 129 Å². The van der Waals surface area contributed by atoms with Gasteiger partial charge in [-0.15, -0.1) is 0 Å². The lowest BCUT2D eigenvalue weighted by Gasteiger charge is -2.10. The molecule has 4 heteroatoms. The number of fused-ring (bicyclic) bond motifs is 1. The van der Waals surface area contributed by atoms with Crippen LogP contribution in [0, 0.1) is 11.6 Å². The van der Waals surface area contributed by atoms with E-state index in [-0.39, 0.29) is 16.6 Å². The van der Waals surface area contributed by atoms with Crippen LogP contribution in [0.1, 0.15) is 5.56 Å². The smallest absolute Gasteiger partial charge is 0.145 e. The molecule has 1 nitrogen and oxygen atoms in total. The largest absolute Gasteiger partial charge is 0.381 e. The number of hydrogen-bond donors (Lipinski definition) is 1. The summed E-state index contributed by atoms with van der Waals surface area (Å²) in [6.45, 7) is 0.0927. The van der Waals surface area contributed by atoms with Gasteiger partial charge in [0.2, 0.25) is 0 Å². The molecule has 1 N–H and O–H groups in total. The van der Waals surface area contributed by atoms with Gasteiger partial charge in [-0.05, 0) is 51.0 Å². The zero-order valence-electron chi connectivity index (χ0n) is 11.0. The lowest BCUT2D eigenvalue weighted by atomic mass is 10.1. The van der Waals surface area contributed by atoms with E-state index in [1.54, 1.807) is 0 Å². The normalized spacial score (nSPS) is 10.8. The molecule has 0 bridgehead atoms. The van der Waals surface area contributed by atoms with Gasteiger partial charge in [-0.2, -0.15) is 0 Å². The Bertz CT molecular complexity index is 802. The van der Waals surface area contributed by atoms with Crippen molar-refractivity contribution in [3.63, 3.8) is 0 Å². The fourth-order valence-electron chi connectivity index (χ4n) is 2.22. The third kappa shape index (κ3) is 2.90. The van der Waals surface area contributed by atoms with E-state index in [0.717, 1.165) is 16.5 Å². The Kier molecular flexibility index (Phi) is 3.88. The molecule has 106 valence electrons. The van der Waals surface area contributed by atoms with Gasteiger partial charge < -0.3 is 5.32 Å². The van der Waals surface area contributed by atoms with E-state index in [2.05, 4.69) is 21.2 Å². The van der Waals surface area contributed by atoms with E-state index in [0.29, 0.717) is 0 Å². The summed E-state index contributed by atoms with van der Waals surface area (Å²) in [7, 11) is 0. The summed E-state index contributed by atoms with van der Waals surface area (Å²) < 4.78 is 27.8. The van der Waals surface area contributed by atoms with Gasteiger partial charge in [-0.3, -0.25) is 0 Å². The Morgan fingerprint density at radius 1 is 0.905 bits per heavy atom. The number of benzene rings is 3. The summed E-state index contributed by atoms with van der Waals surface area (Å²) in [6.07, 6.45) is 0. The monoisotopic (exact) mass is 347 g/mol. The number of rotatable bonds is 3. The van der Waals surface area contributed by atoms with Gasteiger partial charge >= 0.3 is 0 Å². The lowest BCUT2D eigenvalue weighted by molar-refractivity contribution is 0.556. The molecule has 0 fully saturated rings. The van der Waals surface area contributed by atoms with E-state index in [9.17, 15) is 8.78 Å². The molecule has 0 aliphatic rings. The summed E-state index contributed by atoms with van der Waals surface area (Å²) in [5.41, 5.74) is 0.852. The molecule has 0 unspecified atom stereocenters. The highest BCUT2D eigenvalue weighted by molar-refractivity contribution is 9.10. The Hall–Kier alpha value is -1.94. The maximum atomic E-state index is 13.9. The summed E-state index contributed by atoms with van der Waals surface area (Å²) in [5, 5.41) is 5.27. The molecular weight excluding hydrogens is 336 g/mol. The van der Waals surface area contributed by atoms with Crippen LogP contribution in [0.5, 0.6) is 0 Å². The highest BCUT2D eigenvalue weighted by Crippen LogP contribution is 2.24. The molecule has 21 heavy (non-hydrogen) atoms. The second-order valence-electron chi connectivity index (χ2n) is 4.74. The average Bonchev–Trinajstić information content (AvgIpc) is 2.51. The van der Waals surface area contributed by atoms with Crippen LogP contribution >= 0.6 is 15.9 Å². The minimum absolute atomic E-state index is 0.0255. The third-order valence-corrected chi connectivity index (χ3v) is 3.97. The summed E-state index contributed by atoms with van der Waals surface area (Å²) in [6, 6.07) is 16.4. The summed E-state index contributed by atoms with van der Waals surface area (Å²) in [4.78, 5) is 0. The topological polar surface area (TPSA) is 12.0 Å². The van der Waals surface area contributed by atoms with E-state index in [1.807, 2.05) is 42.5 Å². The maximum absolute atomic E-state index is 13.9. The van der Waals surface area contributed by atoms with Crippen molar-refractivity contribution in [2.75, 3.05) is 5.32 Å². The Morgan fingerprint density at radius 2 is 1.67 bits per heavy atom. The van der Waals surface area contributed by atoms with Crippen molar-refractivity contribution in [3.05, 3.63) is 76.3 Å². The first kappa shape index (κ1) is 14.0. The molecular formula is C17H12BrF2N. The van der Waals surface area contributed by atoms with Crippen molar-refractivity contribution in [2.45, 2.75) is 6.54 Å². The first-order valence-corrected chi connectivity index (χ1v) is 7.29. The highest BCUT2D eigenvalue weighted by Gasteiger charge is 2.11. The highest BCUT2D eigenvalue weighted by atomic mass is 79.9. The molecule has 0 aliphatic carbocycles. The Balaban J connectivity index is 1.85. The number of anilines is 1. The predicted molar refractivity (Wildman–Crippen MR) is 85.3 cm³/mol. The van der Waals surface area contributed by atoms with Crippen LogP contribution in [0.2, 0.25) is 0 Å². The lowest BCUT2D eigenvalue weighted by Crippen LogP contribution is -2.05. The van der Waals surface area contributed by atoms with Crippen LogP contribution in [0.25, 0.3) is 10.8 Å². The molecule has 3 aromatic carbocycles. The molecule has 0 radical (unpaired) electrons. The Morgan fingerprint density at radius 3 is 2.48 bits per heavy atom. The van der Waals surface area contributed by atoms with Crippen molar-refractivity contribution >= 4 is 32.4 Å². The molecule has 0 spiro atoms. The van der Waals surface area contributed by atoms with Crippen LogP contribution in [0.4, 0.5) is 14.5 Å². The standard InChI is InChI=1S/C17H12BrF2N/c18-15-7-8-16(19)14(17(15)20)10-21-13-6-5-11-3-1-2-4-12(11)9-13/h1-9,21H,10H2. The molecule has 0 saturated carbocycles. The summed E-state index contributed by atoms with van der Waals surface area (Å²) >= 11 is 3.07. The van der Waals surface area contributed by atoms with Crippen molar-refractivity contribution in [1.29, 1.82) is 0 Å². The van der Waals surface area contributed by atoms with E-state index < -0.39 is 11.6 Å². The van der Waals surface area contributed by atoms with Crippen molar-refractivity contribution in [3.8, 4) is 0 Å². The molecule has 3 aromatic rings. The van der Waals surface area contributed by atoms with Crippen LogP contribution in [-0.2, 0) is 6.54 Å². The molecule has 0 heterocycles. The van der Waals surface area contributed by atoms with Gasteiger partial charge in [0.25, 0.3) is 0 Å². The number of halogens is 3. The molecule has 0 aromatic heterocycles. The minimum Gasteiger partial charge on any atom is -0.381 e. The zero-order valence-corrected chi connectivity index (χ0v) is 12.6. The van der Waals surface area contributed by atoms with Gasteiger partial charge in [-0.1, -0.05) is 30.3 Å². The molecule has 0 atom stereocenters. The van der Waals surface area contributed by atoms with Crippen LogP contribution < -0.4 is 5.32 Å². The number of nitrogens with one attached hydrogen (secondary N) is 1. The first-order valence-electron chi connectivity index (χ1n) is 6.50. The number of hydrogen-bond acceptors (Lipinski definition) is 1. The predicted octanol–water partition coefficient (Wildman–Crippen LogP) is 5.49. The maximum Gasteiger partial charge on any atom is 0.145 e. The SMILES string of the molecule is Fc1ccc(Br)c(F)c1CNc1ccc2ccccc2c1. The van der Waals surface area contributed by atoms with E-state index in [1.165, 1.54) is 12.1 Å².